The molecule has 1 heterocycles. The molecule has 1 aromatic rings. The maximum Gasteiger partial charge on any atom is 0.217 e. The molecule has 1 fully saturated rings. The molecule has 0 aromatic heterocycles. The second-order valence-corrected chi connectivity index (χ2v) is 6.78. The Hall–Kier alpha value is -1.51. The van der Waals surface area contributed by atoms with Gasteiger partial charge in [-0.05, 0) is 44.2 Å². The number of rotatable bonds is 8. The Morgan fingerprint density at radius 2 is 2.11 bits per heavy atom. The van der Waals surface area contributed by atoms with E-state index < -0.39 is 0 Å². The van der Waals surface area contributed by atoms with Crippen LogP contribution in [0.4, 0.5) is 0 Å². The van der Waals surface area contributed by atoms with Crippen LogP contribution >= 0.6 is 24.0 Å². The summed E-state index contributed by atoms with van der Waals surface area (Å²) in [5.41, 5.74) is 5.37. The molecule has 1 aromatic carbocycles. The van der Waals surface area contributed by atoms with Gasteiger partial charge in [0.25, 0.3) is 0 Å². The highest BCUT2D eigenvalue weighted by molar-refractivity contribution is 14.0. The molecule has 2 rings (SSSR count). The lowest BCUT2D eigenvalue weighted by molar-refractivity contribution is -0.119. The van der Waals surface area contributed by atoms with Crippen LogP contribution in [0.2, 0.25) is 0 Å². The molecule has 0 saturated carbocycles. The van der Waals surface area contributed by atoms with Crippen molar-refractivity contribution >= 4 is 35.8 Å². The number of hydrogen-bond acceptors (Lipinski definition) is 3. The van der Waals surface area contributed by atoms with E-state index in [0.29, 0.717) is 18.9 Å². The minimum absolute atomic E-state index is 0. The maximum absolute atomic E-state index is 11.2. The number of carbonyl (C=O) groups excluding carboxylic acids is 1. The van der Waals surface area contributed by atoms with Crippen molar-refractivity contribution in [2.45, 2.75) is 45.6 Å². The number of nitrogens with two attached hydrogens (primary N) is 1. The third-order valence-electron chi connectivity index (χ3n) is 4.59. The zero-order valence-corrected chi connectivity index (χ0v) is 18.7. The molecule has 1 saturated heterocycles. The number of carbonyl (C=O) groups is 1. The third kappa shape index (κ3) is 8.36. The molecule has 0 aliphatic carbocycles. The summed E-state index contributed by atoms with van der Waals surface area (Å²) in [5, 5.41) is 3.37. The molecule has 2 atom stereocenters. The van der Waals surface area contributed by atoms with Crippen molar-refractivity contribution in [3.05, 3.63) is 30.3 Å². The van der Waals surface area contributed by atoms with E-state index >= 15 is 0 Å². The summed E-state index contributed by atoms with van der Waals surface area (Å²) < 4.78 is 6.04. The SMILES string of the molecule is CCNC(=NCC(CC)Oc1ccccc1)N1CCCC(CC(N)=O)C1.I. The Kier molecular flexibility index (Phi) is 11.2. The van der Waals surface area contributed by atoms with Crippen molar-refractivity contribution < 1.29 is 9.53 Å². The van der Waals surface area contributed by atoms with E-state index in [-0.39, 0.29) is 36.0 Å². The zero-order valence-electron chi connectivity index (χ0n) is 16.4. The number of nitrogens with zero attached hydrogens (tertiary/aromatic N) is 2. The van der Waals surface area contributed by atoms with Gasteiger partial charge in [-0.2, -0.15) is 0 Å². The van der Waals surface area contributed by atoms with Crippen molar-refractivity contribution in [1.29, 1.82) is 0 Å². The first-order valence-corrected chi connectivity index (χ1v) is 9.65. The van der Waals surface area contributed by atoms with Crippen LogP contribution in [0.15, 0.2) is 35.3 Å². The number of amides is 1. The minimum atomic E-state index is -0.221. The van der Waals surface area contributed by atoms with Crippen LogP contribution in [0, 0.1) is 5.92 Å². The molecule has 27 heavy (non-hydrogen) atoms. The number of likely N-dealkylation sites (tertiary alicyclic amines) is 1. The van der Waals surface area contributed by atoms with E-state index in [0.717, 1.165) is 50.6 Å². The first-order chi connectivity index (χ1) is 12.6. The summed E-state index contributed by atoms with van der Waals surface area (Å²) in [4.78, 5) is 18.3. The Morgan fingerprint density at radius 1 is 1.37 bits per heavy atom. The van der Waals surface area contributed by atoms with E-state index in [9.17, 15) is 4.79 Å². The Labute approximate surface area is 179 Å². The average molecular weight is 488 g/mol. The summed E-state index contributed by atoms with van der Waals surface area (Å²) in [7, 11) is 0. The van der Waals surface area contributed by atoms with Crippen molar-refractivity contribution in [2.75, 3.05) is 26.2 Å². The minimum Gasteiger partial charge on any atom is -0.489 e. The van der Waals surface area contributed by atoms with Gasteiger partial charge in [-0.15, -0.1) is 24.0 Å². The quantitative estimate of drug-likeness (QED) is 0.335. The highest BCUT2D eigenvalue weighted by Crippen LogP contribution is 2.19. The summed E-state index contributed by atoms with van der Waals surface area (Å²) in [5.74, 6) is 1.87. The smallest absolute Gasteiger partial charge is 0.217 e. The van der Waals surface area contributed by atoms with E-state index in [2.05, 4.69) is 24.1 Å². The fourth-order valence-corrected chi connectivity index (χ4v) is 3.26. The standard InChI is InChI=1S/C20H32N4O2.HI/c1-3-17(26-18-10-6-5-7-11-18)14-23-20(22-4-2)24-12-8-9-16(15-24)13-19(21)25;/h5-7,10-11,16-17H,3-4,8-9,12-15H2,1-2H3,(H2,21,25)(H,22,23);1H. The van der Waals surface area contributed by atoms with Gasteiger partial charge in [0.2, 0.25) is 5.91 Å². The lowest BCUT2D eigenvalue weighted by Crippen LogP contribution is -2.47. The lowest BCUT2D eigenvalue weighted by atomic mass is 9.95. The predicted octanol–water partition coefficient (Wildman–Crippen LogP) is 3.01. The fraction of sp³-hybridized carbons (Fsp3) is 0.600. The van der Waals surface area contributed by atoms with Gasteiger partial charge in [0, 0.05) is 26.1 Å². The van der Waals surface area contributed by atoms with E-state index in [4.69, 9.17) is 15.5 Å². The molecule has 3 N–H and O–H groups in total. The molecule has 7 heteroatoms. The van der Waals surface area contributed by atoms with E-state index in [1.54, 1.807) is 0 Å². The number of nitrogens with one attached hydrogen (secondary N) is 1. The number of aliphatic imine (C=N–C) groups is 1. The number of guanidine groups is 1. The molecule has 0 spiro atoms. The number of benzene rings is 1. The van der Waals surface area contributed by atoms with Crippen LogP contribution in [0.1, 0.15) is 39.5 Å². The first kappa shape index (κ1) is 23.5. The van der Waals surface area contributed by atoms with Crippen molar-refractivity contribution in [3.63, 3.8) is 0 Å². The van der Waals surface area contributed by atoms with Crippen LogP contribution < -0.4 is 15.8 Å². The molecular formula is C20H33IN4O2. The number of para-hydroxylation sites is 1. The van der Waals surface area contributed by atoms with Gasteiger partial charge in [-0.3, -0.25) is 4.79 Å². The van der Waals surface area contributed by atoms with Gasteiger partial charge in [0.1, 0.15) is 11.9 Å². The van der Waals surface area contributed by atoms with Crippen molar-refractivity contribution in [1.82, 2.24) is 10.2 Å². The van der Waals surface area contributed by atoms with E-state index in [1.165, 1.54) is 0 Å². The van der Waals surface area contributed by atoms with Crippen LogP contribution in [0.25, 0.3) is 0 Å². The molecular weight excluding hydrogens is 455 g/mol. The number of piperidine rings is 1. The highest BCUT2D eigenvalue weighted by atomic mass is 127. The topological polar surface area (TPSA) is 80.0 Å². The molecule has 0 radical (unpaired) electrons. The molecule has 1 amide bonds. The van der Waals surface area contributed by atoms with Crippen LogP contribution in [-0.4, -0.2) is 49.0 Å². The fourth-order valence-electron chi connectivity index (χ4n) is 3.26. The zero-order chi connectivity index (χ0) is 18.8. The summed E-state index contributed by atoms with van der Waals surface area (Å²) in [6, 6.07) is 9.87. The van der Waals surface area contributed by atoms with Gasteiger partial charge in [0.15, 0.2) is 5.96 Å². The van der Waals surface area contributed by atoms with Gasteiger partial charge in [-0.25, -0.2) is 4.99 Å². The normalized spacial score (nSPS) is 18.4. The number of ether oxygens (including phenoxy) is 1. The summed E-state index contributed by atoms with van der Waals surface area (Å²) in [6.07, 6.45) is 3.48. The molecule has 1 aliphatic rings. The number of halogens is 1. The van der Waals surface area contributed by atoms with E-state index in [1.807, 2.05) is 30.3 Å². The largest absolute Gasteiger partial charge is 0.489 e. The van der Waals surface area contributed by atoms with Crippen molar-refractivity contribution in [2.24, 2.45) is 16.6 Å². The van der Waals surface area contributed by atoms with Gasteiger partial charge < -0.3 is 20.7 Å². The Morgan fingerprint density at radius 3 is 2.74 bits per heavy atom. The number of primary amides is 1. The molecule has 2 unspecified atom stereocenters. The third-order valence-corrected chi connectivity index (χ3v) is 4.59. The monoisotopic (exact) mass is 488 g/mol. The molecule has 0 bridgehead atoms. The summed E-state index contributed by atoms with van der Waals surface area (Å²) in [6.45, 7) is 7.37. The molecule has 152 valence electrons. The second kappa shape index (κ2) is 12.8. The van der Waals surface area contributed by atoms with Gasteiger partial charge >= 0.3 is 0 Å². The average Bonchev–Trinajstić information content (AvgIpc) is 2.64. The molecule has 1 aliphatic heterocycles. The van der Waals surface area contributed by atoms with Crippen LogP contribution in [0.5, 0.6) is 5.75 Å². The van der Waals surface area contributed by atoms with Crippen LogP contribution in [0.3, 0.4) is 0 Å². The second-order valence-electron chi connectivity index (χ2n) is 6.78. The molecule has 6 nitrogen and oxygen atoms in total. The maximum atomic E-state index is 11.2. The Balaban J connectivity index is 0.00000364. The van der Waals surface area contributed by atoms with Crippen molar-refractivity contribution in [3.8, 4) is 5.75 Å². The Bertz CT molecular complexity index is 583. The summed E-state index contributed by atoms with van der Waals surface area (Å²) >= 11 is 0. The first-order valence-electron chi connectivity index (χ1n) is 9.65. The predicted molar refractivity (Wildman–Crippen MR) is 121 cm³/mol. The highest BCUT2D eigenvalue weighted by Gasteiger charge is 2.23. The lowest BCUT2D eigenvalue weighted by Gasteiger charge is -2.34. The van der Waals surface area contributed by atoms with Gasteiger partial charge in [0.05, 0.1) is 6.54 Å². The van der Waals surface area contributed by atoms with Crippen LogP contribution in [-0.2, 0) is 4.79 Å². The van der Waals surface area contributed by atoms with Gasteiger partial charge in [-0.1, -0.05) is 25.1 Å². The number of hydrogen-bond donors (Lipinski definition) is 2.